The molecule has 164 valence electrons. The van der Waals surface area contributed by atoms with E-state index in [0.717, 1.165) is 41.1 Å². The van der Waals surface area contributed by atoms with Crippen LogP contribution in [-0.2, 0) is 39.4 Å². The maximum atomic E-state index is 10.4. The van der Waals surface area contributed by atoms with Gasteiger partial charge in [-0.1, -0.05) is 12.1 Å². The van der Waals surface area contributed by atoms with E-state index >= 15 is 0 Å². The third-order valence-electron chi connectivity index (χ3n) is 7.35. The largest absolute Gasteiger partial charge is 0.496 e. The molecule has 1 atom stereocenters. The van der Waals surface area contributed by atoms with Gasteiger partial charge in [0.1, 0.15) is 5.75 Å². The van der Waals surface area contributed by atoms with Gasteiger partial charge in [0.2, 0.25) is 0 Å². The summed E-state index contributed by atoms with van der Waals surface area (Å²) in [5.74, 6) is 0.568. The highest BCUT2D eigenvalue weighted by molar-refractivity contribution is 6.15. The maximum absolute atomic E-state index is 10.4. The maximum Gasteiger partial charge on any atom is 0.125 e. The van der Waals surface area contributed by atoms with Gasteiger partial charge in [-0.15, -0.1) is 0 Å². The third-order valence-corrected chi connectivity index (χ3v) is 7.35. The van der Waals surface area contributed by atoms with Crippen LogP contribution in [0.1, 0.15) is 46.2 Å². The van der Waals surface area contributed by atoms with E-state index in [1.807, 2.05) is 18.2 Å². The summed E-state index contributed by atoms with van der Waals surface area (Å²) in [7, 11) is 1.58. The van der Waals surface area contributed by atoms with Gasteiger partial charge in [-0.3, -0.25) is 4.90 Å². The van der Waals surface area contributed by atoms with Crippen LogP contribution in [0, 0.1) is 0 Å². The first-order valence-corrected chi connectivity index (χ1v) is 10.9. The van der Waals surface area contributed by atoms with Crippen LogP contribution >= 0.6 is 0 Å². The molecule has 3 aromatic carbocycles. The molecule has 0 spiro atoms. The van der Waals surface area contributed by atoms with Gasteiger partial charge in [-0.25, -0.2) is 0 Å². The molecule has 6 heteroatoms. The van der Waals surface area contributed by atoms with E-state index in [9.17, 15) is 20.4 Å². The number of aliphatic hydroxyl groups is 4. The van der Waals surface area contributed by atoms with Crippen molar-refractivity contribution in [3.05, 3.63) is 51.6 Å². The van der Waals surface area contributed by atoms with E-state index in [0.29, 0.717) is 34.0 Å². The SMILES string of the molecule is COc1cc2c3c(c4ccc(CO)c(CO)c4c2c(CO)c1CO)CN1CCC[C@@H]1C3. The van der Waals surface area contributed by atoms with Gasteiger partial charge in [-0.2, -0.15) is 0 Å². The highest BCUT2D eigenvalue weighted by atomic mass is 16.5. The van der Waals surface area contributed by atoms with Crippen LogP contribution in [0.15, 0.2) is 18.2 Å². The Labute approximate surface area is 181 Å². The highest BCUT2D eigenvalue weighted by Gasteiger charge is 2.33. The van der Waals surface area contributed by atoms with Crippen molar-refractivity contribution >= 4 is 21.5 Å². The normalized spacial score (nSPS) is 18.5. The molecule has 1 fully saturated rings. The van der Waals surface area contributed by atoms with Gasteiger partial charge in [0.15, 0.2) is 0 Å². The lowest BCUT2D eigenvalue weighted by molar-refractivity contribution is 0.229. The lowest BCUT2D eigenvalue weighted by atomic mass is 9.81. The fourth-order valence-electron chi connectivity index (χ4n) is 5.87. The average molecular weight is 424 g/mol. The standard InChI is InChI=1S/C25H29NO5/c1-31-23-8-18-17-7-15-3-2-6-26(15)9-19(17)16-5-4-14(10-27)20(11-28)24(16)25(18)22(13-30)21(23)12-29/h4-5,8,15,27-30H,2-3,6-7,9-13H2,1H3/t15-/m1/s1. The second kappa shape index (κ2) is 8.04. The van der Waals surface area contributed by atoms with Gasteiger partial charge in [0, 0.05) is 18.2 Å². The van der Waals surface area contributed by atoms with Crippen molar-refractivity contribution in [1.82, 2.24) is 4.90 Å². The van der Waals surface area contributed by atoms with E-state index in [2.05, 4.69) is 4.90 Å². The van der Waals surface area contributed by atoms with E-state index in [-0.39, 0.29) is 26.4 Å². The Morgan fingerprint density at radius 2 is 1.65 bits per heavy atom. The molecule has 0 bridgehead atoms. The lowest BCUT2D eigenvalue weighted by Gasteiger charge is -2.34. The number of aliphatic hydroxyl groups excluding tert-OH is 4. The van der Waals surface area contributed by atoms with Crippen molar-refractivity contribution < 1.29 is 25.2 Å². The highest BCUT2D eigenvalue weighted by Crippen LogP contribution is 2.45. The Hall–Kier alpha value is -2.22. The number of fused-ring (bicyclic) bond motifs is 7. The molecule has 4 N–H and O–H groups in total. The Balaban J connectivity index is 2.00. The smallest absolute Gasteiger partial charge is 0.125 e. The Morgan fingerprint density at radius 1 is 0.903 bits per heavy atom. The van der Waals surface area contributed by atoms with Crippen molar-refractivity contribution in [2.45, 2.75) is 58.3 Å². The summed E-state index contributed by atoms with van der Waals surface area (Å²) in [6.45, 7) is 1.07. The summed E-state index contributed by atoms with van der Waals surface area (Å²) in [5, 5.41) is 44.5. The number of hydrogen-bond acceptors (Lipinski definition) is 6. The van der Waals surface area contributed by atoms with E-state index < -0.39 is 0 Å². The predicted octanol–water partition coefficient (Wildman–Crippen LogP) is 2.49. The zero-order valence-electron chi connectivity index (χ0n) is 17.8. The van der Waals surface area contributed by atoms with E-state index in [1.54, 1.807) is 7.11 Å². The molecule has 1 saturated heterocycles. The Kier molecular flexibility index (Phi) is 5.36. The van der Waals surface area contributed by atoms with Crippen molar-refractivity contribution in [3.63, 3.8) is 0 Å². The fourth-order valence-corrected chi connectivity index (χ4v) is 5.87. The van der Waals surface area contributed by atoms with Crippen LogP contribution < -0.4 is 4.74 Å². The molecule has 31 heavy (non-hydrogen) atoms. The van der Waals surface area contributed by atoms with E-state index in [4.69, 9.17) is 4.74 Å². The van der Waals surface area contributed by atoms with Crippen molar-refractivity contribution in [3.8, 4) is 5.75 Å². The first-order chi connectivity index (χ1) is 15.2. The molecule has 0 amide bonds. The van der Waals surface area contributed by atoms with Crippen LogP contribution in [0.4, 0.5) is 0 Å². The molecular formula is C25H29NO5. The molecule has 2 heterocycles. The van der Waals surface area contributed by atoms with Crippen LogP contribution in [0.25, 0.3) is 21.5 Å². The van der Waals surface area contributed by atoms with Gasteiger partial charge in [0.05, 0.1) is 33.5 Å². The minimum atomic E-state index is -0.252. The molecule has 2 aliphatic heterocycles. The Bertz CT molecular complexity index is 1170. The monoisotopic (exact) mass is 423 g/mol. The number of nitrogens with zero attached hydrogens (tertiary/aromatic N) is 1. The Morgan fingerprint density at radius 3 is 2.32 bits per heavy atom. The predicted molar refractivity (Wildman–Crippen MR) is 119 cm³/mol. The quantitative estimate of drug-likeness (QED) is 0.471. The first kappa shape index (κ1) is 20.7. The minimum Gasteiger partial charge on any atom is -0.496 e. The molecule has 2 aliphatic rings. The summed E-state index contributed by atoms with van der Waals surface area (Å²) >= 11 is 0. The van der Waals surface area contributed by atoms with Crippen molar-refractivity contribution in [2.75, 3.05) is 13.7 Å². The summed E-state index contributed by atoms with van der Waals surface area (Å²) in [6.07, 6.45) is 3.32. The molecule has 0 saturated carbocycles. The second-order valence-electron chi connectivity index (χ2n) is 8.64. The lowest BCUT2D eigenvalue weighted by Crippen LogP contribution is -2.35. The number of benzene rings is 3. The minimum absolute atomic E-state index is 0.171. The number of hydrogen-bond donors (Lipinski definition) is 4. The van der Waals surface area contributed by atoms with Gasteiger partial charge < -0.3 is 25.2 Å². The second-order valence-corrected chi connectivity index (χ2v) is 8.64. The van der Waals surface area contributed by atoms with E-state index in [1.165, 1.54) is 24.0 Å². The zero-order valence-corrected chi connectivity index (χ0v) is 17.8. The first-order valence-electron chi connectivity index (χ1n) is 10.9. The van der Waals surface area contributed by atoms with Crippen LogP contribution in [0.5, 0.6) is 5.75 Å². The van der Waals surface area contributed by atoms with Crippen LogP contribution in [-0.4, -0.2) is 45.0 Å². The number of methoxy groups -OCH3 is 1. The molecule has 0 radical (unpaired) electrons. The topological polar surface area (TPSA) is 93.4 Å². The summed E-state index contributed by atoms with van der Waals surface area (Å²) in [6, 6.07) is 6.43. The number of ether oxygens (including phenoxy) is 1. The van der Waals surface area contributed by atoms with Gasteiger partial charge in [0.25, 0.3) is 0 Å². The molecule has 6 nitrogen and oxygen atoms in total. The van der Waals surface area contributed by atoms with Crippen molar-refractivity contribution in [2.24, 2.45) is 0 Å². The zero-order chi connectivity index (χ0) is 21.7. The van der Waals surface area contributed by atoms with Gasteiger partial charge in [-0.05, 0) is 81.2 Å². The van der Waals surface area contributed by atoms with Gasteiger partial charge >= 0.3 is 0 Å². The fraction of sp³-hybridized carbons (Fsp3) is 0.440. The summed E-state index contributed by atoms with van der Waals surface area (Å²) in [4.78, 5) is 2.54. The molecule has 3 aromatic rings. The molecule has 0 unspecified atom stereocenters. The molecule has 0 aromatic heterocycles. The summed E-state index contributed by atoms with van der Waals surface area (Å²) < 4.78 is 5.61. The van der Waals surface area contributed by atoms with Crippen molar-refractivity contribution in [1.29, 1.82) is 0 Å². The average Bonchev–Trinajstić information content (AvgIpc) is 3.28. The summed E-state index contributed by atoms with van der Waals surface area (Å²) in [5.41, 5.74) is 5.07. The molecular weight excluding hydrogens is 394 g/mol. The molecule has 5 rings (SSSR count). The van der Waals surface area contributed by atoms with Crippen LogP contribution in [0.3, 0.4) is 0 Å². The van der Waals surface area contributed by atoms with Crippen LogP contribution in [0.2, 0.25) is 0 Å². The number of rotatable bonds is 5. The molecule has 0 aliphatic carbocycles. The third kappa shape index (κ3) is 2.97.